The molecule has 0 spiro atoms. The molecule has 3 aromatic rings. The molecule has 1 aromatic carbocycles. The Kier molecular flexibility index (Phi) is 4.64. The van der Waals surface area contributed by atoms with E-state index in [0.29, 0.717) is 17.8 Å². The highest BCUT2D eigenvalue weighted by Gasteiger charge is 2.16. The number of hydrogen-bond donors (Lipinski definition) is 2. The summed E-state index contributed by atoms with van der Waals surface area (Å²) in [4.78, 5) is 17.0. The van der Waals surface area contributed by atoms with Crippen molar-refractivity contribution < 1.29 is 9.90 Å². The third kappa shape index (κ3) is 3.23. The molecule has 0 radical (unpaired) electrons. The third-order valence-corrected chi connectivity index (χ3v) is 4.18. The number of aliphatic hydroxyl groups excluding tert-OH is 1. The van der Waals surface area contributed by atoms with Crippen LogP contribution >= 0.6 is 11.8 Å². The summed E-state index contributed by atoms with van der Waals surface area (Å²) in [6.45, 7) is 0.115. The van der Waals surface area contributed by atoms with Crippen LogP contribution < -0.4 is 5.32 Å². The quantitative estimate of drug-likeness (QED) is 0.707. The first kappa shape index (κ1) is 15.6. The van der Waals surface area contributed by atoms with Crippen LogP contribution in [0.15, 0.2) is 53.8 Å². The summed E-state index contributed by atoms with van der Waals surface area (Å²) in [5.74, 6) is -0.232. The second-order valence-electron chi connectivity index (χ2n) is 5.03. The Morgan fingerprint density at radius 3 is 2.74 bits per heavy atom. The highest BCUT2D eigenvalue weighted by Crippen LogP contribution is 2.21. The highest BCUT2D eigenvalue weighted by molar-refractivity contribution is 7.98. The Morgan fingerprint density at radius 1 is 1.26 bits per heavy atom. The molecule has 0 aliphatic carbocycles. The monoisotopic (exact) mass is 327 g/mol. The maximum Gasteiger partial charge on any atom is 0.276 e. The van der Waals surface area contributed by atoms with Gasteiger partial charge < -0.3 is 10.4 Å². The van der Waals surface area contributed by atoms with Gasteiger partial charge in [0.25, 0.3) is 5.91 Å². The summed E-state index contributed by atoms with van der Waals surface area (Å²) in [5.41, 5.74) is 2.93. The normalized spacial score (nSPS) is 10.9. The van der Waals surface area contributed by atoms with Crippen molar-refractivity contribution in [1.29, 1.82) is 0 Å². The molecule has 0 saturated heterocycles. The zero-order valence-corrected chi connectivity index (χ0v) is 13.5. The molecule has 0 aliphatic rings. The maximum atomic E-state index is 12.5. The number of imidazole rings is 1. The van der Waals surface area contributed by atoms with Gasteiger partial charge in [0.15, 0.2) is 10.9 Å². The van der Waals surface area contributed by atoms with E-state index in [1.165, 1.54) is 11.8 Å². The number of carbonyl (C=O) groups is 1. The van der Waals surface area contributed by atoms with E-state index < -0.39 is 0 Å². The van der Waals surface area contributed by atoms with Crippen LogP contribution in [-0.4, -0.2) is 33.3 Å². The number of nitrogens with zero attached hydrogens (tertiary/aromatic N) is 2. The molecule has 0 bridgehead atoms. The number of fused-ring (bicyclic) bond motifs is 1. The molecule has 0 atom stereocenters. The summed E-state index contributed by atoms with van der Waals surface area (Å²) in [6, 6.07) is 13.1. The lowest BCUT2D eigenvalue weighted by Crippen LogP contribution is -2.12. The van der Waals surface area contributed by atoms with Crippen molar-refractivity contribution in [2.24, 2.45) is 0 Å². The van der Waals surface area contributed by atoms with Gasteiger partial charge >= 0.3 is 0 Å². The topological polar surface area (TPSA) is 66.6 Å². The van der Waals surface area contributed by atoms with E-state index in [1.54, 1.807) is 0 Å². The summed E-state index contributed by atoms with van der Waals surface area (Å²) < 4.78 is 1.91. The zero-order valence-electron chi connectivity index (χ0n) is 12.7. The predicted octanol–water partition coefficient (Wildman–Crippen LogP) is 2.84. The van der Waals surface area contributed by atoms with E-state index in [0.717, 1.165) is 16.2 Å². The first-order valence-electron chi connectivity index (χ1n) is 7.25. The van der Waals surface area contributed by atoms with Gasteiger partial charge in [0.05, 0.1) is 5.52 Å². The number of anilines is 1. The molecule has 2 aromatic heterocycles. The Balaban J connectivity index is 1.86. The van der Waals surface area contributed by atoms with E-state index in [9.17, 15) is 4.79 Å². The number of thioether (sulfide) groups is 1. The van der Waals surface area contributed by atoms with Crippen LogP contribution in [0.3, 0.4) is 0 Å². The molecule has 118 valence electrons. The predicted molar refractivity (Wildman–Crippen MR) is 92.2 cm³/mol. The van der Waals surface area contributed by atoms with Crippen LogP contribution in [0.25, 0.3) is 5.52 Å². The molecule has 2 N–H and O–H groups in total. The molecule has 6 heteroatoms. The third-order valence-electron chi connectivity index (χ3n) is 3.53. The number of nitrogens with one attached hydrogen (secondary N) is 1. The van der Waals surface area contributed by atoms with Gasteiger partial charge in [0.1, 0.15) is 0 Å². The van der Waals surface area contributed by atoms with Crippen molar-refractivity contribution in [3.05, 3.63) is 59.9 Å². The van der Waals surface area contributed by atoms with Crippen LogP contribution in [0.2, 0.25) is 0 Å². The first-order valence-corrected chi connectivity index (χ1v) is 8.47. The lowest BCUT2D eigenvalue weighted by atomic mass is 10.1. The van der Waals surface area contributed by atoms with Crippen molar-refractivity contribution in [3.8, 4) is 0 Å². The molecule has 0 saturated carbocycles. The van der Waals surface area contributed by atoms with Gasteiger partial charge in [-0.1, -0.05) is 30.0 Å². The number of aliphatic hydroxyl groups is 1. The van der Waals surface area contributed by atoms with Gasteiger partial charge in [-0.3, -0.25) is 9.20 Å². The van der Waals surface area contributed by atoms with Gasteiger partial charge in [-0.25, -0.2) is 4.98 Å². The Morgan fingerprint density at radius 2 is 2.04 bits per heavy atom. The van der Waals surface area contributed by atoms with Crippen molar-refractivity contribution >= 4 is 28.9 Å². The smallest absolute Gasteiger partial charge is 0.276 e. The van der Waals surface area contributed by atoms with E-state index in [4.69, 9.17) is 5.11 Å². The number of hydrogen-bond acceptors (Lipinski definition) is 4. The minimum Gasteiger partial charge on any atom is -0.396 e. The van der Waals surface area contributed by atoms with Gasteiger partial charge in [-0.05, 0) is 42.5 Å². The fraction of sp³-hybridized carbons (Fsp3) is 0.176. The van der Waals surface area contributed by atoms with Crippen LogP contribution in [0, 0.1) is 0 Å². The Hall–Kier alpha value is -2.31. The van der Waals surface area contributed by atoms with Crippen molar-refractivity contribution in [2.75, 3.05) is 18.2 Å². The summed E-state index contributed by atoms with van der Waals surface area (Å²) in [6.07, 6.45) is 4.44. The van der Waals surface area contributed by atoms with E-state index in [1.807, 2.05) is 59.3 Å². The van der Waals surface area contributed by atoms with Crippen molar-refractivity contribution in [1.82, 2.24) is 9.38 Å². The van der Waals surface area contributed by atoms with Gasteiger partial charge in [0, 0.05) is 18.5 Å². The Labute approximate surface area is 138 Å². The SMILES string of the molecule is CSc1nc(C(=O)Nc2ccc(CCO)cc2)c2ccccn12. The Bertz CT molecular complexity index is 827. The van der Waals surface area contributed by atoms with E-state index in [2.05, 4.69) is 10.3 Å². The van der Waals surface area contributed by atoms with E-state index in [-0.39, 0.29) is 12.5 Å². The molecule has 23 heavy (non-hydrogen) atoms. The number of aromatic nitrogens is 2. The summed E-state index contributed by atoms with van der Waals surface area (Å²) in [7, 11) is 0. The van der Waals surface area contributed by atoms with Crippen LogP contribution in [0.1, 0.15) is 16.1 Å². The fourth-order valence-corrected chi connectivity index (χ4v) is 2.93. The maximum absolute atomic E-state index is 12.5. The fourth-order valence-electron chi connectivity index (χ4n) is 2.39. The molecule has 0 unspecified atom stereocenters. The standard InChI is InChI=1S/C17H17N3O2S/c1-23-17-19-15(14-4-2-3-10-20(14)17)16(22)18-13-7-5-12(6-8-13)9-11-21/h2-8,10,21H,9,11H2,1H3,(H,18,22). The summed E-state index contributed by atoms with van der Waals surface area (Å²) >= 11 is 1.50. The lowest BCUT2D eigenvalue weighted by molar-refractivity contribution is 0.102. The average molecular weight is 327 g/mol. The average Bonchev–Trinajstić information content (AvgIpc) is 2.96. The van der Waals surface area contributed by atoms with Gasteiger partial charge in [0.2, 0.25) is 0 Å². The highest BCUT2D eigenvalue weighted by atomic mass is 32.2. The number of amides is 1. The molecule has 0 aliphatic heterocycles. The molecule has 0 fully saturated rings. The first-order chi connectivity index (χ1) is 11.2. The molecular weight excluding hydrogens is 310 g/mol. The number of pyridine rings is 1. The summed E-state index contributed by atoms with van der Waals surface area (Å²) in [5, 5.41) is 12.6. The molecule has 3 rings (SSSR count). The van der Waals surface area contributed by atoms with Crippen molar-refractivity contribution in [3.63, 3.8) is 0 Å². The van der Waals surface area contributed by atoms with Crippen LogP contribution in [0.5, 0.6) is 0 Å². The molecular formula is C17H17N3O2S. The van der Waals surface area contributed by atoms with Crippen molar-refractivity contribution in [2.45, 2.75) is 11.6 Å². The number of carbonyl (C=O) groups excluding carboxylic acids is 1. The molecule has 2 heterocycles. The zero-order chi connectivity index (χ0) is 16.2. The molecule has 1 amide bonds. The number of rotatable bonds is 5. The van der Waals surface area contributed by atoms with Crippen LogP contribution in [0.4, 0.5) is 5.69 Å². The van der Waals surface area contributed by atoms with Gasteiger partial charge in [-0.2, -0.15) is 0 Å². The molecule has 5 nitrogen and oxygen atoms in total. The second kappa shape index (κ2) is 6.85. The lowest BCUT2D eigenvalue weighted by Gasteiger charge is -2.05. The second-order valence-corrected chi connectivity index (χ2v) is 5.80. The number of benzene rings is 1. The van der Waals surface area contributed by atoms with Crippen LogP contribution in [-0.2, 0) is 6.42 Å². The minimum atomic E-state index is -0.232. The largest absolute Gasteiger partial charge is 0.396 e. The minimum absolute atomic E-state index is 0.115. The van der Waals surface area contributed by atoms with E-state index >= 15 is 0 Å². The van der Waals surface area contributed by atoms with Gasteiger partial charge in [-0.15, -0.1) is 0 Å².